The Bertz CT molecular complexity index is 456. The van der Waals surface area contributed by atoms with Crippen LogP contribution in [0, 0.1) is 11.8 Å². The van der Waals surface area contributed by atoms with E-state index in [4.69, 9.17) is 10.5 Å². The zero-order valence-electron chi connectivity index (χ0n) is 13.5. The second-order valence-corrected chi connectivity index (χ2v) is 5.96. The summed E-state index contributed by atoms with van der Waals surface area (Å²) in [7, 11) is 1.68. The first-order valence-corrected chi connectivity index (χ1v) is 7.75. The summed E-state index contributed by atoms with van der Waals surface area (Å²) >= 11 is 0. The molecule has 0 aromatic heterocycles. The quantitative estimate of drug-likeness (QED) is 0.904. The lowest BCUT2D eigenvalue weighted by atomic mass is 9.89. The molecule has 2 rings (SSSR count). The van der Waals surface area contributed by atoms with Gasteiger partial charge in [0.15, 0.2) is 0 Å². The van der Waals surface area contributed by atoms with Gasteiger partial charge in [-0.2, -0.15) is 0 Å². The summed E-state index contributed by atoms with van der Waals surface area (Å²) in [6.07, 6.45) is 3.24. The summed E-state index contributed by atoms with van der Waals surface area (Å²) in [5.41, 5.74) is 6.92. The van der Waals surface area contributed by atoms with E-state index in [0.29, 0.717) is 12.5 Å². The lowest BCUT2D eigenvalue weighted by Crippen LogP contribution is -2.43. The molecule has 1 saturated heterocycles. The van der Waals surface area contributed by atoms with Gasteiger partial charge in [-0.25, -0.2) is 0 Å². The zero-order chi connectivity index (χ0) is 15.2. The fourth-order valence-corrected chi connectivity index (χ4v) is 2.86. The van der Waals surface area contributed by atoms with E-state index in [1.807, 2.05) is 24.0 Å². The van der Waals surface area contributed by atoms with Crippen molar-refractivity contribution in [2.24, 2.45) is 17.6 Å². The van der Waals surface area contributed by atoms with E-state index < -0.39 is 0 Å². The Balaban J connectivity index is 0.00000242. The Morgan fingerprint density at radius 3 is 2.41 bits per heavy atom. The van der Waals surface area contributed by atoms with Crippen LogP contribution in [0.3, 0.4) is 0 Å². The number of carbonyl (C=O) groups excluding carboxylic acids is 1. The van der Waals surface area contributed by atoms with Crippen molar-refractivity contribution in [3.63, 3.8) is 0 Å². The minimum absolute atomic E-state index is 0. The molecule has 0 saturated carbocycles. The van der Waals surface area contributed by atoms with Gasteiger partial charge in [-0.05, 0) is 42.9 Å². The molecule has 1 atom stereocenters. The van der Waals surface area contributed by atoms with Crippen molar-refractivity contribution >= 4 is 18.3 Å². The molecule has 1 unspecified atom stereocenters. The van der Waals surface area contributed by atoms with Gasteiger partial charge >= 0.3 is 0 Å². The molecule has 1 amide bonds. The van der Waals surface area contributed by atoms with Crippen molar-refractivity contribution in [1.82, 2.24) is 4.90 Å². The first-order valence-electron chi connectivity index (χ1n) is 7.75. The minimum atomic E-state index is -0.0526. The van der Waals surface area contributed by atoms with E-state index >= 15 is 0 Å². The third-order valence-corrected chi connectivity index (χ3v) is 4.38. The van der Waals surface area contributed by atoms with E-state index in [-0.39, 0.29) is 24.2 Å². The van der Waals surface area contributed by atoms with E-state index in [2.05, 4.69) is 12.1 Å². The third-order valence-electron chi connectivity index (χ3n) is 4.38. The lowest BCUT2D eigenvalue weighted by molar-refractivity contribution is -0.136. The predicted molar refractivity (Wildman–Crippen MR) is 91.5 cm³/mol. The summed E-state index contributed by atoms with van der Waals surface area (Å²) in [6, 6.07) is 8.29. The molecular formula is C17H27ClN2O2. The smallest absolute Gasteiger partial charge is 0.226 e. The molecule has 1 fully saturated rings. The first-order chi connectivity index (χ1) is 10.1. The fraction of sp³-hybridized carbons (Fsp3) is 0.588. The predicted octanol–water partition coefficient (Wildman–Crippen LogP) is 2.49. The van der Waals surface area contributed by atoms with Crippen LogP contribution in [-0.4, -0.2) is 37.6 Å². The molecule has 1 aliphatic rings. The number of likely N-dealkylation sites (tertiary alicyclic amines) is 1. The van der Waals surface area contributed by atoms with Gasteiger partial charge in [0.2, 0.25) is 5.91 Å². The SMILES string of the molecule is COc1ccc(CC2CCN(C(=O)C(C)CN)CC2)cc1.Cl. The van der Waals surface area contributed by atoms with Crippen LogP contribution in [0.1, 0.15) is 25.3 Å². The monoisotopic (exact) mass is 326 g/mol. The third kappa shape index (κ3) is 4.89. The number of halogens is 1. The number of amides is 1. The highest BCUT2D eigenvalue weighted by atomic mass is 35.5. The van der Waals surface area contributed by atoms with Crippen LogP contribution < -0.4 is 10.5 Å². The minimum Gasteiger partial charge on any atom is -0.497 e. The molecule has 2 N–H and O–H groups in total. The van der Waals surface area contributed by atoms with Crippen LogP contribution >= 0.6 is 12.4 Å². The van der Waals surface area contributed by atoms with Crippen LogP contribution in [0.15, 0.2) is 24.3 Å². The average Bonchev–Trinajstić information content (AvgIpc) is 2.55. The maximum absolute atomic E-state index is 12.1. The molecule has 5 heteroatoms. The number of nitrogens with two attached hydrogens (primary N) is 1. The van der Waals surface area contributed by atoms with Crippen LogP contribution in [0.2, 0.25) is 0 Å². The number of methoxy groups -OCH3 is 1. The number of rotatable bonds is 5. The molecule has 0 spiro atoms. The first kappa shape index (κ1) is 18.8. The number of ether oxygens (including phenoxy) is 1. The van der Waals surface area contributed by atoms with Crippen LogP contribution in [0.4, 0.5) is 0 Å². The van der Waals surface area contributed by atoms with Crippen molar-refractivity contribution in [2.75, 3.05) is 26.7 Å². The number of nitrogens with zero attached hydrogens (tertiary/aromatic N) is 1. The summed E-state index contributed by atoms with van der Waals surface area (Å²) in [5, 5.41) is 0. The van der Waals surface area contributed by atoms with Crippen molar-refractivity contribution < 1.29 is 9.53 Å². The molecule has 1 aliphatic heterocycles. The average molecular weight is 327 g/mol. The van der Waals surface area contributed by atoms with Gasteiger partial charge < -0.3 is 15.4 Å². The topological polar surface area (TPSA) is 55.6 Å². The molecule has 124 valence electrons. The maximum Gasteiger partial charge on any atom is 0.226 e. The summed E-state index contributed by atoms with van der Waals surface area (Å²) in [5.74, 6) is 1.72. The summed E-state index contributed by atoms with van der Waals surface area (Å²) in [6.45, 7) is 4.07. The Labute approximate surface area is 139 Å². The van der Waals surface area contributed by atoms with Gasteiger partial charge in [-0.3, -0.25) is 4.79 Å². The normalized spacial score (nSPS) is 16.8. The summed E-state index contributed by atoms with van der Waals surface area (Å²) < 4.78 is 5.18. The second kappa shape index (κ2) is 9.01. The van der Waals surface area contributed by atoms with Crippen LogP contribution in [0.5, 0.6) is 5.75 Å². The van der Waals surface area contributed by atoms with Crippen molar-refractivity contribution in [3.8, 4) is 5.75 Å². The van der Waals surface area contributed by atoms with Gasteiger partial charge in [-0.15, -0.1) is 12.4 Å². The van der Waals surface area contributed by atoms with E-state index in [1.54, 1.807) is 7.11 Å². The number of carbonyl (C=O) groups is 1. The second-order valence-electron chi connectivity index (χ2n) is 5.96. The Morgan fingerprint density at radius 2 is 1.91 bits per heavy atom. The highest BCUT2D eigenvalue weighted by Gasteiger charge is 2.25. The molecule has 1 aromatic carbocycles. The zero-order valence-corrected chi connectivity index (χ0v) is 14.3. The largest absolute Gasteiger partial charge is 0.497 e. The molecule has 1 heterocycles. The van der Waals surface area contributed by atoms with Crippen molar-refractivity contribution in [1.29, 1.82) is 0 Å². The Kier molecular flexibility index (Phi) is 7.69. The standard InChI is InChI=1S/C17H26N2O2.ClH/c1-13(12-18)17(20)19-9-7-15(8-10-19)11-14-3-5-16(21-2)6-4-14;/h3-6,13,15H,7-12,18H2,1-2H3;1H. The van der Waals surface area contributed by atoms with Gasteiger partial charge in [-0.1, -0.05) is 19.1 Å². The highest BCUT2D eigenvalue weighted by molar-refractivity contribution is 5.85. The molecule has 0 radical (unpaired) electrons. The molecule has 4 nitrogen and oxygen atoms in total. The van der Waals surface area contributed by atoms with Crippen molar-refractivity contribution in [2.45, 2.75) is 26.2 Å². The van der Waals surface area contributed by atoms with Crippen LogP contribution in [0.25, 0.3) is 0 Å². The van der Waals surface area contributed by atoms with E-state index in [1.165, 1.54) is 5.56 Å². The highest BCUT2D eigenvalue weighted by Crippen LogP contribution is 2.23. The molecular weight excluding hydrogens is 300 g/mol. The van der Waals surface area contributed by atoms with Crippen LogP contribution in [-0.2, 0) is 11.2 Å². The van der Waals surface area contributed by atoms with E-state index in [9.17, 15) is 4.79 Å². The Morgan fingerprint density at radius 1 is 1.32 bits per heavy atom. The molecule has 22 heavy (non-hydrogen) atoms. The number of hydrogen-bond acceptors (Lipinski definition) is 3. The number of hydrogen-bond donors (Lipinski definition) is 1. The van der Waals surface area contributed by atoms with Crippen molar-refractivity contribution in [3.05, 3.63) is 29.8 Å². The fourth-order valence-electron chi connectivity index (χ4n) is 2.86. The van der Waals surface area contributed by atoms with Gasteiger partial charge in [0.1, 0.15) is 5.75 Å². The maximum atomic E-state index is 12.1. The lowest BCUT2D eigenvalue weighted by Gasteiger charge is -2.33. The van der Waals surface area contributed by atoms with Gasteiger partial charge in [0.25, 0.3) is 0 Å². The number of benzene rings is 1. The van der Waals surface area contributed by atoms with Gasteiger partial charge in [0.05, 0.1) is 7.11 Å². The number of piperidine rings is 1. The van der Waals surface area contributed by atoms with Gasteiger partial charge in [0, 0.05) is 25.6 Å². The molecule has 1 aromatic rings. The van der Waals surface area contributed by atoms with E-state index in [0.717, 1.165) is 38.1 Å². The Hall–Kier alpha value is -1.26. The summed E-state index contributed by atoms with van der Waals surface area (Å²) in [4.78, 5) is 14.1. The molecule has 0 aliphatic carbocycles. The molecule has 0 bridgehead atoms.